The van der Waals surface area contributed by atoms with Crippen LogP contribution in [0.3, 0.4) is 0 Å². The lowest BCUT2D eigenvalue weighted by atomic mass is 10.2. The Morgan fingerprint density at radius 2 is 2.11 bits per heavy atom. The molecule has 2 aromatic rings. The van der Waals surface area contributed by atoms with Gasteiger partial charge in [-0.15, -0.1) is 0 Å². The van der Waals surface area contributed by atoms with Crippen molar-refractivity contribution in [1.29, 1.82) is 0 Å². The number of benzene rings is 1. The molecular formula is C15H15N3O. The summed E-state index contributed by atoms with van der Waals surface area (Å²) in [5, 5.41) is 6.88. The van der Waals surface area contributed by atoms with Crippen molar-refractivity contribution < 1.29 is 4.79 Å². The summed E-state index contributed by atoms with van der Waals surface area (Å²) in [6, 6.07) is 11.4. The van der Waals surface area contributed by atoms with Gasteiger partial charge in [-0.2, -0.15) is 5.10 Å². The molecule has 4 nitrogen and oxygen atoms in total. The molecule has 1 heterocycles. The maximum absolute atomic E-state index is 11.9. The summed E-state index contributed by atoms with van der Waals surface area (Å²) in [4.78, 5) is 11.9. The molecule has 0 aliphatic rings. The summed E-state index contributed by atoms with van der Waals surface area (Å²) in [7, 11) is 1.75. The minimum Gasteiger partial charge on any atom is -0.340 e. The number of amides is 1. The van der Waals surface area contributed by atoms with Crippen LogP contribution in [0, 0.1) is 18.8 Å². The Morgan fingerprint density at radius 1 is 1.37 bits per heavy atom. The first-order chi connectivity index (χ1) is 9.16. The van der Waals surface area contributed by atoms with E-state index in [0.717, 1.165) is 11.3 Å². The molecule has 1 amide bonds. The fourth-order valence-corrected chi connectivity index (χ4v) is 1.71. The molecule has 0 atom stereocenters. The van der Waals surface area contributed by atoms with Crippen molar-refractivity contribution in [2.45, 2.75) is 6.92 Å². The molecule has 0 aliphatic heterocycles. The molecule has 1 aromatic carbocycles. The number of aromatic nitrogens is 2. The molecule has 0 fully saturated rings. The largest absolute Gasteiger partial charge is 0.340 e. The second-order valence-corrected chi connectivity index (χ2v) is 4.15. The SMILES string of the molecule is Cc1cc(C(=O)NCC#Cc2ccccc2)n(C)n1. The lowest BCUT2D eigenvalue weighted by Crippen LogP contribution is -2.25. The smallest absolute Gasteiger partial charge is 0.270 e. The van der Waals surface area contributed by atoms with Crippen LogP contribution in [0.25, 0.3) is 0 Å². The standard InChI is InChI=1S/C15H15N3O/c1-12-11-14(18(2)17-12)15(19)16-10-6-9-13-7-4-3-5-8-13/h3-5,7-8,11H,10H2,1-2H3,(H,16,19). The summed E-state index contributed by atoms with van der Waals surface area (Å²) in [5.74, 6) is 5.74. The zero-order valence-electron chi connectivity index (χ0n) is 11.0. The summed E-state index contributed by atoms with van der Waals surface area (Å²) >= 11 is 0. The number of hydrogen-bond donors (Lipinski definition) is 1. The second kappa shape index (κ2) is 5.87. The van der Waals surface area contributed by atoms with Gasteiger partial charge in [0, 0.05) is 12.6 Å². The van der Waals surface area contributed by atoms with Crippen molar-refractivity contribution in [1.82, 2.24) is 15.1 Å². The molecule has 19 heavy (non-hydrogen) atoms. The first kappa shape index (κ1) is 12.9. The number of nitrogens with zero attached hydrogens (tertiary/aromatic N) is 2. The van der Waals surface area contributed by atoms with E-state index >= 15 is 0 Å². The van der Waals surface area contributed by atoms with Gasteiger partial charge in [-0.3, -0.25) is 9.48 Å². The molecule has 4 heteroatoms. The molecule has 0 bridgehead atoms. The molecule has 0 unspecified atom stereocenters. The van der Waals surface area contributed by atoms with Crippen LogP contribution >= 0.6 is 0 Å². The minimum absolute atomic E-state index is 0.162. The number of rotatable bonds is 2. The highest BCUT2D eigenvalue weighted by Crippen LogP contribution is 2.00. The zero-order valence-corrected chi connectivity index (χ0v) is 11.0. The van der Waals surface area contributed by atoms with Crippen molar-refractivity contribution in [3.63, 3.8) is 0 Å². The molecule has 0 aliphatic carbocycles. The Hall–Kier alpha value is -2.54. The Bertz CT molecular complexity index is 632. The van der Waals surface area contributed by atoms with Gasteiger partial charge in [0.1, 0.15) is 5.69 Å². The van der Waals surface area contributed by atoms with E-state index in [1.807, 2.05) is 37.3 Å². The van der Waals surface area contributed by atoms with Crippen molar-refractivity contribution in [3.8, 4) is 11.8 Å². The molecule has 1 N–H and O–H groups in total. The van der Waals surface area contributed by atoms with Crippen LogP contribution in [0.5, 0.6) is 0 Å². The molecule has 0 saturated carbocycles. The van der Waals surface area contributed by atoms with Crippen molar-refractivity contribution in [2.75, 3.05) is 6.54 Å². The maximum atomic E-state index is 11.9. The molecule has 0 saturated heterocycles. The van der Waals surface area contributed by atoms with E-state index in [2.05, 4.69) is 22.3 Å². The second-order valence-electron chi connectivity index (χ2n) is 4.15. The van der Waals surface area contributed by atoms with Crippen LogP contribution in [0.1, 0.15) is 21.7 Å². The molecule has 2 rings (SSSR count). The van der Waals surface area contributed by atoms with Gasteiger partial charge in [0.05, 0.1) is 12.2 Å². The van der Waals surface area contributed by atoms with Crippen LogP contribution in [0.4, 0.5) is 0 Å². The van der Waals surface area contributed by atoms with E-state index in [0.29, 0.717) is 12.2 Å². The van der Waals surface area contributed by atoms with Crippen LogP contribution in [0.2, 0.25) is 0 Å². The maximum Gasteiger partial charge on any atom is 0.270 e. The molecule has 0 spiro atoms. The van der Waals surface area contributed by atoms with E-state index in [-0.39, 0.29) is 5.91 Å². The summed E-state index contributed by atoms with van der Waals surface area (Å²) in [5.41, 5.74) is 2.30. The normalized spacial score (nSPS) is 9.58. The molecule has 96 valence electrons. The number of nitrogens with one attached hydrogen (secondary N) is 1. The average Bonchev–Trinajstić information content (AvgIpc) is 2.75. The third-order valence-corrected chi connectivity index (χ3v) is 2.58. The minimum atomic E-state index is -0.162. The number of aryl methyl sites for hydroxylation is 2. The summed E-state index contributed by atoms with van der Waals surface area (Å²) < 4.78 is 1.56. The van der Waals surface area contributed by atoms with Gasteiger partial charge in [0.15, 0.2) is 0 Å². The third kappa shape index (κ3) is 3.46. The highest BCUT2D eigenvalue weighted by Gasteiger charge is 2.09. The zero-order chi connectivity index (χ0) is 13.7. The van der Waals surface area contributed by atoms with Crippen molar-refractivity contribution in [3.05, 3.63) is 53.3 Å². The van der Waals surface area contributed by atoms with Gasteiger partial charge < -0.3 is 5.32 Å². The molecular weight excluding hydrogens is 238 g/mol. The van der Waals surface area contributed by atoms with Crippen molar-refractivity contribution in [2.24, 2.45) is 7.05 Å². The van der Waals surface area contributed by atoms with E-state index in [1.165, 1.54) is 0 Å². The summed E-state index contributed by atoms with van der Waals surface area (Å²) in [6.07, 6.45) is 0. The fourth-order valence-electron chi connectivity index (χ4n) is 1.71. The monoisotopic (exact) mass is 253 g/mol. The van der Waals surface area contributed by atoms with Gasteiger partial charge in [-0.1, -0.05) is 30.0 Å². The van der Waals surface area contributed by atoms with E-state index in [9.17, 15) is 4.79 Å². The third-order valence-electron chi connectivity index (χ3n) is 2.58. The van der Waals surface area contributed by atoms with Crippen LogP contribution in [-0.2, 0) is 7.05 Å². The van der Waals surface area contributed by atoms with E-state index in [4.69, 9.17) is 0 Å². The molecule has 1 aromatic heterocycles. The highest BCUT2D eigenvalue weighted by atomic mass is 16.2. The topological polar surface area (TPSA) is 46.9 Å². The lowest BCUT2D eigenvalue weighted by molar-refractivity contribution is 0.0949. The van der Waals surface area contributed by atoms with Gasteiger partial charge in [-0.25, -0.2) is 0 Å². The van der Waals surface area contributed by atoms with Gasteiger partial charge in [0.25, 0.3) is 5.91 Å². The quantitative estimate of drug-likeness (QED) is 0.825. The average molecular weight is 253 g/mol. The van der Waals surface area contributed by atoms with E-state index in [1.54, 1.807) is 17.8 Å². The van der Waals surface area contributed by atoms with Crippen molar-refractivity contribution >= 4 is 5.91 Å². The van der Waals surface area contributed by atoms with Crippen LogP contribution in [-0.4, -0.2) is 22.2 Å². The van der Waals surface area contributed by atoms with Gasteiger partial charge in [0.2, 0.25) is 0 Å². The number of carbonyl (C=O) groups is 1. The van der Waals surface area contributed by atoms with Gasteiger partial charge >= 0.3 is 0 Å². The lowest BCUT2D eigenvalue weighted by Gasteiger charge is -2.00. The predicted octanol–water partition coefficient (Wildman–Crippen LogP) is 1.51. The predicted molar refractivity (Wildman–Crippen MR) is 73.6 cm³/mol. The first-order valence-corrected chi connectivity index (χ1v) is 5.99. The highest BCUT2D eigenvalue weighted by molar-refractivity contribution is 5.92. The van der Waals surface area contributed by atoms with Crippen LogP contribution in [0.15, 0.2) is 36.4 Å². The fraction of sp³-hybridized carbons (Fsp3) is 0.200. The Labute approximate surface area is 112 Å². The Morgan fingerprint density at radius 3 is 2.74 bits per heavy atom. The number of carbonyl (C=O) groups excluding carboxylic acids is 1. The van der Waals surface area contributed by atoms with Crippen LogP contribution < -0.4 is 5.32 Å². The number of hydrogen-bond acceptors (Lipinski definition) is 2. The summed E-state index contributed by atoms with van der Waals surface area (Å²) in [6.45, 7) is 2.17. The Balaban J connectivity index is 1.92. The Kier molecular flexibility index (Phi) is 3.99. The first-order valence-electron chi connectivity index (χ1n) is 5.99. The van der Waals surface area contributed by atoms with Gasteiger partial charge in [-0.05, 0) is 25.1 Å². The van der Waals surface area contributed by atoms with E-state index < -0.39 is 0 Å². The molecule has 0 radical (unpaired) electrons.